The number of fused-ring (bicyclic) bond motifs is 1. The molecule has 2 heterocycles. The smallest absolute Gasteiger partial charge is 0.159 e. The van der Waals surface area contributed by atoms with Crippen molar-refractivity contribution < 1.29 is 0 Å². The first-order valence-electron chi connectivity index (χ1n) is 6.67. The normalized spacial score (nSPS) is 10.8. The number of nitrogens with two attached hydrogens (primary N) is 1. The van der Waals surface area contributed by atoms with Gasteiger partial charge >= 0.3 is 0 Å². The van der Waals surface area contributed by atoms with Crippen LogP contribution < -0.4 is 10.6 Å². The lowest BCUT2D eigenvalue weighted by atomic mass is 10.2. The van der Waals surface area contributed by atoms with E-state index < -0.39 is 0 Å². The van der Waals surface area contributed by atoms with Crippen LogP contribution in [-0.2, 0) is 6.54 Å². The van der Waals surface area contributed by atoms with E-state index in [1.165, 1.54) is 5.56 Å². The molecule has 0 amide bonds. The monoisotopic (exact) mass is 267 g/mol. The molecule has 1 aromatic carbocycles. The number of nitrogen functional groups attached to an aromatic ring is 1. The molecule has 0 bridgehead atoms. The van der Waals surface area contributed by atoms with Crippen LogP contribution in [0.15, 0.2) is 48.7 Å². The molecule has 5 nitrogen and oxygen atoms in total. The molecule has 0 aliphatic heterocycles. The maximum absolute atomic E-state index is 6.02. The minimum Gasteiger partial charge on any atom is -0.383 e. The van der Waals surface area contributed by atoms with E-state index >= 15 is 0 Å². The van der Waals surface area contributed by atoms with Crippen LogP contribution in [0.2, 0.25) is 0 Å². The fraction of sp³-hybridized carbons (Fsp3) is 0.200. The van der Waals surface area contributed by atoms with Crippen molar-refractivity contribution in [2.45, 2.75) is 13.5 Å². The number of aromatic nitrogens is 3. The van der Waals surface area contributed by atoms with Gasteiger partial charge in [-0.15, -0.1) is 0 Å². The van der Waals surface area contributed by atoms with Crippen LogP contribution in [0.1, 0.15) is 12.5 Å². The fourth-order valence-electron chi connectivity index (χ4n) is 2.24. The summed E-state index contributed by atoms with van der Waals surface area (Å²) in [7, 11) is 0. The average molecular weight is 267 g/mol. The third kappa shape index (κ3) is 2.30. The topological polar surface area (TPSA) is 59.5 Å². The largest absolute Gasteiger partial charge is 0.383 e. The molecule has 0 atom stereocenters. The lowest BCUT2D eigenvalue weighted by Crippen LogP contribution is -2.23. The van der Waals surface area contributed by atoms with Crippen molar-refractivity contribution >= 4 is 17.3 Å². The van der Waals surface area contributed by atoms with Crippen molar-refractivity contribution in [2.24, 2.45) is 0 Å². The Morgan fingerprint density at radius 1 is 1.20 bits per heavy atom. The van der Waals surface area contributed by atoms with Gasteiger partial charge in [0.05, 0.1) is 6.20 Å². The molecule has 102 valence electrons. The molecule has 5 heteroatoms. The van der Waals surface area contributed by atoms with Crippen LogP contribution >= 0.6 is 0 Å². The second kappa shape index (κ2) is 5.21. The highest BCUT2D eigenvalue weighted by Gasteiger charge is 2.10. The molecule has 0 spiro atoms. The van der Waals surface area contributed by atoms with Gasteiger partial charge in [-0.3, -0.25) is 0 Å². The van der Waals surface area contributed by atoms with Crippen LogP contribution in [0.5, 0.6) is 0 Å². The SMILES string of the molecule is CCN(Cc1ccccc1)c1cc(N)n2nccc2n1. The van der Waals surface area contributed by atoms with Gasteiger partial charge in [-0.25, -0.2) is 4.98 Å². The zero-order chi connectivity index (χ0) is 13.9. The lowest BCUT2D eigenvalue weighted by Gasteiger charge is -2.22. The summed E-state index contributed by atoms with van der Waals surface area (Å²) in [5.41, 5.74) is 8.04. The number of hydrogen-bond acceptors (Lipinski definition) is 4. The fourth-order valence-corrected chi connectivity index (χ4v) is 2.24. The van der Waals surface area contributed by atoms with E-state index in [9.17, 15) is 0 Å². The summed E-state index contributed by atoms with van der Waals surface area (Å²) < 4.78 is 1.64. The molecule has 20 heavy (non-hydrogen) atoms. The van der Waals surface area contributed by atoms with Crippen LogP contribution in [0.4, 0.5) is 11.6 Å². The van der Waals surface area contributed by atoms with Crippen molar-refractivity contribution in [3.63, 3.8) is 0 Å². The predicted molar refractivity (Wildman–Crippen MR) is 80.6 cm³/mol. The number of nitrogens with zero attached hydrogens (tertiary/aromatic N) is 4. The summed E-state index contributed by atoms with van der Waals surface area (Å²) in [6.45, 7) is 3.79. The quantitative estimate of drug-likeness (QED) is 0.788. The van der Waals surface area contributed by atoms with E-state index in [-0.39, 0.29) is 0 Å². The van der Waals surface area contributed by atoms with Gasteiger partial charge in [-0.05, 0) is 12.5 Å². The Morgan fingerprint density at radius 3 is 2.75 bits per heavy atom. The zero-order valence-electron chi connectivity index (χ0n) is 11.4. The first-order chi connectivity index (χ1) is 9.78. The van der Waals surface area contributed by atoms with Crippen molar-refractivity contribution in [1.82, 2.24) is 14.6 Å². The van der Waals surface area contributed by atoms with Gasteiger partial charge in [0.1, 0.15) is 11.6 Å². The van der Waals surface area contributed by atoms with E-state index in [1.807, 2.05) is 30.3 Å². The third-order valence-corrected chi connectivity index (χ3v) is 3.30. The minimum atomic E-state index is 0.599. The van der Waals surface area contributed by atoms with Gasteiger partial charge in [0, 0.05) is 25.2 Å². The summed E-state index contributed by atoms with van der Waals surface area (Å²) in [6, 6.07) is 14.1. The highest BCUT2D eigenvalue weighted by molar-refractivity contribution is 5.56. The molecule has 3 rings (SSSR count). The van der Waals surface area contributed by atoms with Gasteiger partial charge < -0.3 is 10.6 Å². The number of rotatable bonds is 4. The van der Waals surface area contributed by atoms with Crippen molar-refractivity contribution in [3.8, 4) is 0 Å². The molecule has 2 aromatic heterocycles. The molecular formula is C15H17N5. The molecule has 0 saturated carbocycles. The minimum absolute atomic E-state index is 0.599. The van der Waals surface area contributed by atoms with E-state index in [2.05, 4.69) is 34.0 Å². The summed E-state index contributed by atoms with van der Waals surface area (Å²) in [6.07, 6.45) is 1.70. The highest BCUT2D eigenvalue weighted by atomic mass is 15.3. The van der Waals surface area contributed by atoms with Crippen molar-refractivity contribution in [2.75, 3.05) is 17.2 Å². The molecule has 0 saturated heterocycles. The van der Waals surface area contributed by atoms with E-state index in [0.29, 0.717) is 5.82 Å². The van der Waals surface area contributed by atoms with E-state index in [1.54, 1.807) is 10.7 Å². The number of hydrogen-bond donors (Lipinski definition) is 1. The Balaban J connectivity index is 1.94. The highest BCUT2D eigenvalue weighted by Crippen LogP contribution is 2.19. The molecular weight excluding hydrogens is 250 g/mol. The Morgan fingerprint density at radius 2 is 2.00 bits per heavy atom. The van der Waals surface area contributed by atoms with Crippen LogP contribution in [0.3, 0.4) is 0 Å². The zero-order valence-corrected chi connectivity index (χ0v) is 11.4. The van der Waals surface area contributed by atoms with Gasteiger partial charge in [0.2, 0.25) is 0 Å². The van der Waals surface area contributed by atoms with Gasteiger partial charge in [0.25, 0.3) is 0 Å². The maximum Gasteiger partial charge on any atom is 0.159 e. The molecule has 0 radical (unpaired) electrons. The Hall–Kier alpha value is -2.56. The standard InChI is InChI=1S/C15H17N5/c1-2-19(11-12-6-4-3-5-7-12)15-10-13(16)20-14(18-15)8-9-17-20/h3-10H,2,11,16H2,1H3. The second-order valence-electron chi connectivity index (χ2n) is 4.64. The molecule has 0 aliphatic rings. The average Bonchev–Trinajstić information content (AvgIpc) is 2.95. The molecule has 0 aliphatic carbocycles. The number of anilines is 2. The van der Waals surface area contributed by atoms with Gasteiger partial charge in [-0.2, -0.15) is 9.61 Å². The van der Waals surface area contributed by atoms with Gasteiger partial charge in [0.15, 0.2) is 5.65 Å². The summed E-state index contributed by atoms with van der Waals surface area (Å²) in [4.78, 5) is 6.80. The summed E-state index contributed by atoms with van der Waals surface area (Å²) in [5, 5.41) is 4.14. The molecule has 0 unspecified atom stereocenters. The van der Waals surface area contributed by atoms with Gasteiger partial charge in [-0.1, -0.05) is 30.3 Å². The summed E-state index contributed by atoms with van der Waals surface area (Å²) >= 11 is 0. The Kier molecular flexibility index (Phi) is 3.25. The first-order valence-corrected chi connectivity index (χ1v) is 6.67. The van der Waals surface area contributed by atoms with E-state index in [4.69, 9.17) is 5.73 Å². The lowest BCUT2D eigenvalue weighted by molar-refractivity contribution is 0.809. The third-order valence-electron chi connectivity index (χ3n) is 3.30. The maximum atomic E-state index is 6.02. The Bertz CT molecular complexity index is 705. The molecule has 0 fully saturated rings. The van der Waals surface area contributed by atoms with E-state index in [0.717, 1.165) is 24.6 Å². The second-order valence-corrected chi connectivity index (χ2v) is 4.64. The molecule has 2 N–H and O–H groups in total. The molecule has 3 aromatic rings. The van der Waals surface area contributed by atoms with Crippen LogP contribution in [0.25, 0.3) is 5.65 Å². The van der Waals surface area contributed by atoms with Crippen molar-refractivity contribution in [1.29, 1.82) is 0 Å². The number of benzene rings is 1. The van der Waals surface area contributed by atoms with Crippen molar-refractivity contribution in [3.05, 3.63) is 54.2 Å². The van der Waals surface area contributed by atoms with Crippen LogP contribution in [-0.4, -0.2) is 21.1 Å². The first kappa shape index (κ1) is 12.5. The Labute approximate surface area is 117 Å². The van der Waals surface area contributed by atoms with Crippen LogP contribution in [0, 0.1) is 0 Å². The summed E-state index contributed by atoms with van der Waals surface area (Å²) in [5.74, 6) is 1.48. The predicted octanol–water partition coefficient (Wildman–Crippen LogP) is 2.34.